The third kappa shape index (κ3) is 1.66. The van der Waals surface area contributed by atoms with Crippen molar-refractivity contribution in [3.8, 4) is 0 Å². The van der Waals surface area contributed by atoms with Gasteiger partial charge in [0.1, 0.15) is 5.82 Å². The zero-order valence-corrected chi connectivity index (χ0v) is 6.51. The lowest BCUT2D eigenvalue weighted by molar-refractivity contribution is 0.0788. The van der Waals surface area contributed by atoms with Crippen LogP contribution in [-0.4, -0.2) is 32.7 Å². The molecule has 0 aromatic carbocycles. The Morgan fingerprint density at radius 1 is 1.58 bits per heavy atom. The molecule has 1 heterocycles. The summed E-state index contributed by atoms with van der Waals surface area (Å²) in [6.45, 7) is -0.168. The summed E-state index contributed by atoms with van der Waals surface area (Å²) in [7, 11) is 0. The molecule has 0 amide bonds. The predicted octanol–water partition coefficient (Wildman–Crippen LogP) is -1.60. The normalized spacial score (nSPS) is 13.2. The minimum Gasteiger partial charge on any atom is -0.394 e. The minimum atomic E-state index is -0.855. The first-order chi connectivity index (χ1) is 5.65. The second-order valence-electron chi connectivity index (χ2n) is 2.50. The van der Waals surface area contributed by atoms with E-state index in [2.05, 4.69) is 5.10 Å². The molecule has 0 saturated heterocycles. The third-order valence-corrected chi connectivity index (χ3v) is 1.50. The van der Waals surface area contributed by atoms with E-state index in [4.69, 9.17) is 21.7 Å². The smallest absolute Gasteiger partial charge is 0.145 e. The van der Waals surface area contributed by atoms with Crippen LogP contribution in [0.5, 0.6) is 0 Å². The number of nitrogen functional groups attached to an aromatic ring is 2. The molecule has 6 nitrogen and oxygen atoms in total. The van der Waals surface area contributed by atoms with Crippen LogP contribution in [0.2, 0.25) is 0 Å². The zero-order chi connectivity index (χ0) is 9.14. The van der Waals surface area contributed by atoms with Crippen LogP contribution < -0.4 is 11.5 Å². The molecule has 0 aliphatic rings. The molecule has 1 atom stereocenters. The Morgan fingerprint density at radius 2 is 2.25 bits per heavy atom. The highest BCUT2D eigenvalue weighted by Crippen LogP contribution is 2.12. The van der Waals surface area contributed by atoms with E-state index in [9.17, 15) is 0 Å². The highest BCUT2D eigenvalue weighted by Gasteiger charge is 2.08. The van der Waals surface area contributed by atoms with E-state index in [1.165, 1.54) is 10.9 Å². The average molecular weight is 172 g/mol. The second kappa shape index (κ2) is 3.42. The van der Waals surface area contributed by atoms with Gasteiger partial charge in [0.05, 0.1) is 31.1 Å². The van der Waals surface area contributed by atoms with Crippen LogP contribution in [0.25, 0.3) is 0 Å². The maximum Gasteiger partial charge on any atom is 0.145 e. The summed E-state index contributed by atoms with van der Waals surface area (Å²) in [5, 5.41) is 21.4. The molecular formula is C6H12N4O2. The van der Waals surface area contributed by atoms with E-state index in [-0.39, 0.29) is 13.2 Å². The molecule has 6 heteroatoms. The van der Waals surface area contributed by atoms with Crippen molar-refractivity contribution in [3.63, 3.8) is 0 Å². The van der Waals surface area contributed by atoms with Crippen LogP contribution in [0.15, 0.2) is 6.20 Å². The lowest BCUT2D eigenvalue weighted by Crippen LogP contribution is -2.21. The Bertz CT molecular complexity index is 260. The summed E-state index contributed by atoms with van der Waals surface area (Å²) in [6.07, 6.45) is 0.547. The van der Waals surface area contributed by atoms with Crippen molar-refractivity contribution >= 4 is 11.5 Å². The molecule has 0 aliphatic heterocycles. The van der Waals surface area contributed by atoms with Gasteiger partial charge < -0.3 is 21.7 Å². The van der Waals surface area contributed by atoms with Crippen molar-refractivity contribution in [1.29, 1.82) is 0 Å². The van der Waals surface area contributed by atoms with Crippen molar-refractivity contribution < 1.29 is 10.2 Å². The van der Waals surface area contributed by atoms with E-state index in [1.54, 1.807) is 0 Å². The fourth-order valence-corrected chi connectivity index (χ4v) is 0.812. The first-order valence-corrected chi connectivity index (χ1v) is 3.50. The van der Waals surface area contributed by atoms with Crippen molar-refractivity contribution in [3.05, 3.63) is 6.20 Å². The summed E-state index contributed by atoms with van der Waals surface area (Å²) in [4.78, 5) is 0. The summed E-state index contributed by atoms with van der Waals surface area (Å²) in [6, 6.07) is 0. The number of rotatable bonds is 3. The molecule has 0 spiro atoms. The largest absolute Gasteiger partial charge is 0.394 e. The van der Waals surface area contributed by atoms with Gasteiger partial charge in [0.2, 0.25) is 0 Å². The van der Waals surface area contributed by atoms with Gasteiger partial charge in [0.25, 0.3) is 0 Å². The number of anilines is 2. The lowest BCUT2D eigenvalue weighted by atomic mass is 10.4. The number of hydrogen-bond donors (Lipinski definition) is 4. The van der Waals surface area contributed by atoms with Crippen molar-refractivity contribution in [2.45, 2.75) is 12.6 Å². The van der Waals surface area contributed by atoms with Crippen LogP contribution >= 0.6 is 0 Å². The van der Waals surface area contributed by atoms with Crippen LogP contribution in [0, 0.1) is 0 Å². The van der Waals surface area contributed by atoms with Gasteiger partial charge in [-0.2, -0.15) is 5.10 Å². The van der Waals surface area contributed by atoms with E-state index in [1.807, 2.05) is 0 Å². The molecule has 0 radical (unpaired) electrons. The number of aromatic nitrogens is 2. The Hall–Kier alpha value is -1.27. The van der Waals surface area contributed by atoms with Crippen LogP contribution in [0.1, 0.15) is 0 Å². The van der Waals surface area contributed by atoms with Crippen LogP contribution in [-0.2, 0) is 6.54 Å². The first-order valence-electron chi connectivity index (χ1n) is 3.50. The maximum atomic E-state index is 9.04. The van der Waals surface area contributed by atoms with Crippen molar-refractivity contribution in [2.75, 3.05) is 18.1 Å². The quantitative estimate of drug-likeness (QED) is 0.439. The monoisotopic (exact) mass is 172 g/mol. The molecule has 0 bridgehead atoms. The van der Waals surface area contributed by atoms with E-state index in [0.717, 1.165) is 0 Å². The van der Waals surface area contributed by atoms with E-state index in [0.29, 0.717) is 11.5 Å². The summed E-state index contributed by atoms with van der Waals surface area (Å²) in [5.41, 5.74) is 11.3. The second-order valence-corrected chi connectivity index (χ2v) is 2.50. The molecular weight excluding hydrogens is 160 g/mol. The van der Waals surface area contributed by atoms with E-state index < -0.39 is 6.10 Å². The summed E-state index contributed by atoms with van der Waals surface area (Å²) >= 11 is 0. The predicted molar refractivity (Wildman–Crippen MR) is 44.1 cm³/mol. The van der Waals surface area contributed by atoms with Crippen LogP contribution in [0.3, 0.4) is 0 Å². The topological polar surface area (TPSA) is 110 Å². The van der Waals surface area contributed by atoms with Gasteiger partial charge in [-0.25, -0.2) is 4.68 Å². The molecule has 0 saturated carbocycles. The molecule has 0 aliphatic carbocycles. The van der Waals surface area contributed by atoms with Gasteiger partial charge in [-0.05, 0) is 0 Å². The fraction of sp³-hybridized carbons (Fsp3) is 0.500. The maximum absolute atomic E-state index is 9.04. The number of aliphatic hydroxyl groups excluding tert-OH is 2. The average Bonchev–Trinajstić information content (AvgIpc) is 2.36. The highest BCUT2D eigenvalue weighted by molar-refractivity contribution is 5.56. The van der Waals surface area contributed by atoms with Crippen LogP contribution in [0.4, 0.5) is 11.5 Å². The summed E-state index contributed by atoms with van der Waals surface area (Å²) < 4.78 is 1.34. The Morgan fingerprint density at radius 3 is 2.67 bits per heavy atom. The van der Waals surface area contributed by atoms with Crippen molar-refractivity contribution in [2.24, 2.45) is 0 Å². The molecule has 6 N–H and O–H groups in total. The third-order valence-electron chi connectivity index (χ3n) is 1.50. The number of nitrogens with zero attached hydrogens (tertiary/aromatic N) is 2. The highest BCUT2D eigenvalue weighted by atomic mass is 16.3. The van der Waals surface area contributed by atoms with Gasteiger partial charge in [-0.15, -0.1) is 0 Å². The standard InChI is InChI=1S/C6H12N4O2/c7-5-1-9-10(6(5)8)2-4(12)3-11/h1,4,11-12H,2-3,7-8H2. The Kier molecular flexibility index (Phi) is 2.51. The Labute approximate surface area is 69.4 Å². The molecule has 1 aromatic heterocycles. The van der Waals surface area contributed by atoms with Gasteiger partial charge in [0, 0.05) is 0 Å². The number of nitrogens with two attached hydrogens (primary N) is 2. The molecule has 1 unspecified atom stereocenters. The SMILES string of the molecule is Nc1cnn(CC(O)CO)c1N. The minimum absolute atomic E-state index is 0.152. The molecule has 12 heavy (non-hydrogen) atoms. The van der Waals surface area contributed by atoms with Crippen molar-refractivity contribution in [1.82, 2.24) is 9.78 Å². The van der Waals surface area contributed by atoms with Gasteiger partial charge in [-0.1, -0.05) is 0 Å². The van der Waals surface area contributed by atoms with Gasteiger partial charge in [-0.3, -0.25) is 0 Å². The van der Waals surface area contributed by atoms with Gasteiger partial charge >= 0.3 is 0 Å². The molecule has 68 valence electrons. The number of hydrogen-bond acceptors (Lipinski definition) is 5. The molecule has 0 fully saturated rings. The lowest BCUT2D eigenvalue weighted by Gasteiger charge is -2.08. The number of aliphatic hydroxyl groups is 2. The van der Waals surface area contributed by atoms with Gasteiger partial charge in [0.15, 0.2) is 0 Å². The van der Waals surface area contributed by atoms with E-state index >= 15 is 0 Å². The zero-order valence-electron chi connectivity index (χ0n) is 6.51. The fourth-order valence-electron chi connectivity index (χ4n) is 0.812. The summed E-state index contributed by atoms with van der Waals surface area (Å²) in [5.74, 6) is 0.308. The Balaban J connectivity index is 2.69. The molecule has 1 rings (SSSR count). The first kappa shape index (κ1) is 8.82. The molecule has 1 aromatic rings.